The summed E-state index contributed by atoms with van der Waals surface area (Å²) in [7, 11) is 9.87. The number of fused-ring (bicyclic) bond motifs is 1. The summed E-state index contributed by atoms with van der Waals surface area (Å²) in [6, 6.07) is 0. The van der Waals surface area contributed by atoms with Gasteiger partial charge < -0.3 is 0 Å². The van der Waals surface area contributed by atoms with E-state index in [1.165, 1.54) is 12.8 Å². The van der Waals surface area contributed by atoms with Crippen LogP contribution in [0.4, 0.5) is 0 Å². The summed E-state index contributed by atoms with van der Waals surface area (Å²) in [5.41, 5.74) is 1.63. The Morgan fingerprint density at radius 2 is 2.05 bits per heavy atom. The molecule has 2 unspecified atom stereocenters. The molecular formula is C16H20Cl2Zr. The molecule has 0 nitrogen and oxygen atoms in total. The molecule has 3 heteroatoms. The van der Waals surface area contributed by atoms with Crippen molar-refractivity contribution in [2.45, 2.75) is 33.1 Å². The van der Waals surface area contributed by atoms with E-state index in [0.717, 1.165) is 18.3 Å². The molecule has 2 atom stereocenters. The van der Waals surface area contributed by atoms with Crippen LogP contribution in [-0.4, -0.2) is 0 Å². The predicted molar refractivity (Wildman–Crippen MR) is 81.3 cm³/mol. The summed E-state index contributed by atoms with van der Waals surface area (Å²) in [6.45, 7) is 4.65. The summed E-state index contributed by atoms with van der Waals surface area (Å²) in [5.74, 6) is 3.35. The van der Waals surface area contributed by atoms with Gasteiger partial charge in [-0.15, -0.1) is 25.5 Å². The Bertz CT molecular complexity index is 359. The van der Waals surface area contributed by atoms with Crippen molar-refractivity contribution >= 4 is 17.0 Å². The van der Waals surface area contributed by atoms with Crippen molar-refractivity contribution in [2.24, 2.45) is 11.8 Å². The van der Waals surface area contributed by atoms with Crippen LogP contribution >= 0.6 is 17.0 Å². The van der Waals surface area contributed by atoms with Crippen molar-refractivity contribution in [3.05, 3.63) is 54.0 Å². The molecule has 0 aromatic carbocycles. The van der Waals surface area contributed by atoms with Crippen molar-refractivity contribution in [1.29, 1.82) is 0 Å². The molecule has 0 saturated heterocycles. The van der Waals surface area contributed by atoms with Crippen molar-refractivity contribution in [2.75, 3.05) is 0 Å². The zero-order chi connectivity index (χ0) is 14.1. The van der Waals surface area contributed by atoms with Crippen molar-refractivity contribution in [3.8, 4) is 0 Å². The van der Waals surface area contributed by atoms with E-state index in [0.29, 0.717) is 0 Å². The van der Waals surface area contributed by atoms with Crippen LogP contribution in [-0.2, 0) is 20.8 Å². The van der Waals surface area contributed by atoms with Crippen LogP contribution in [0.2, 0.25) is 0 Å². The molecule has 3 aliphatic carbocycles. The van der Waals surface area contributed by atoms with Crippen molar-refractivity contribution in [1.82, 2.24) is 0 Å². The maximum atomic E-state index is 4.93. The SMILES string of the molecule is C[C-]1CC(C)C2CC=CC=C12.[C-]1=CC=CC1.[Cl][Zr+2][Cl]. The number of rotatable bonds is 0. The normalized spacial score (nSPS) is 25.7. The summed E-state index contributed by atoms with van der Waals surface area (Å²) < 4.78 is 0. The molecule has 3 rings (SSSR count). The fraction of sp³-hybridized carbons (Fsp3) is 0.438. The molecule has 0 amide bonds. The van der Waals surface area contributed by atoms with Crippen LogP contribution in [0.15, 0.2) is 42.0 Å². The summed E-state index contributed by atoms with van der Waals surface area (Å²) in [6.07, 6.45) is 19.4. The molecule has 102 valence electrons. The van der Waals surface area contributed by atoms with Crippen LogP contribution in [0, 0.1) is 23.8 Å². The van der Waals surface area contributed by atoms with Gasteiger partial charge >= 0.3 is 37.9 Å². The second-order valence-corrected chi connectivity index (χ2v) is 8.66. The number of hydrogen-bond donors (Lipinski definition) is 0. The minimum absolute atomic E-state index is 0.826. The summed E-state index contributed by atoms with van der Waals surface area (Å²) in [5, 5.41) is 0. The van der Waals surface area contributed by atoms with Gasteiger partial charge in [0.15, 0.2) is 0 Å². The molecule has 0 aromatic rings. The maximum absolute atomic E-state index is 4.93. The van der Waals surface area contributed by atoms with Crippen LogP contribution < -0.4 is 0 Å². The Kier molecular flexibility index (Phi) is 9.20. The van der Waals surface area contributed by atoms with Crippen molar-refractivity contribution in [3.63, 3.8) is 0 Å². The van der Waals surface area contributed by atoms with E-state index in [2.05, 4.69) is 44.2 Å². The minimum atomic E-state index is -0.826. The van der Waals surface area contributed by atoms with Gasteiger partial charge in [-0.2, -0.15) is 6.08 Å². The molecule has 1 fully saturated rings. The Labute approximate surface area is 136 Å². The van der Waals surface area contributed by atoms with E-state index in [-0.39, 0.29) is 0 Å². The van der Waals surface area contributed by atoms with Gasteiger partial charge in [0, 0.05) is 0 Å². The first-order valence-electron chi connectivity index (χ1n) is 6.58. The molecule has 0 aromatic heterocycles. The molecule has 0 N–H and O–H groups in total. The molecule has 0 spiro atoms. The average molecular weight is 374 g/mol. The molecule has 0 bridgehead atoms. The second-order valence-electron chi connectivity index (χ2n) is 4.93. The molecule has 19 heavy (non-hydrogen) atoms. The molecule has 1 saturated carbocycles. The molecule has 0 radical (unpaired) electrons. The first-order valence-corrected chi connectivity index (χ1v) is 12.9. The van der Waals surface area contributed by atoms with Gasteiger partial charge in [0.2, 0.25) is 0 Å². The monoisotopic (exact) mass is 372 g/mol. The summed E-state index contributed by atoms with van der Waals surface area (Å²) in [4.78, 5) is 0. The predicted octanol–water partition coefficient (Wildman–Crippen LogP) is 5.81. The Morgan fingerprint density at radius 1 is 1.32 bits per heavy atom. The van der Waals surface area contributed by atoms with E-state index in [1.807, 2.05) is 12.2 Å². The van der Waals surface area contributed by atoms with Gasteiger partial charge in [-0.1, -0.05) is 19.3 Å². The van der Waals surface area contributed by atoms with E-state index < -0.39 is 20.8 Å². The van der Waals surface area contributed by atoms with Crippen LogP contribution in [0.25, 0.3) is 0 Å². The third kappa shape index (κ3) is 6.07. The van der Waals surface area contributed by atoms with Gasteiger partial charge in [0.25, 0.3) is 0 Å². The van der Waals surface area contributed by atoms with E-state index in [9.17, 15) is 0 Å². The second kappa shape index (κ2) is 10.1. The Hall–Kier alpha value is 0.293. The number of allylic oxidation sites excluding steroid dienone is 8. The number of halogens is 2. The fourth-order valence-corrected chi connectivity index (χ4v) is 2.73. The standard InChI is InChI=1S/C11H15.C5H5.2ClH.Zr/c1-8-7-9(2)11-6-4-3-5-10(8)11;1-2-4-5-3-1;;;/h3-5,9,11H,6-7H2,1-2H3;1-3H,4H2;2*1H;/q2*-1;;;+4/p-2. The van der Waals surface area contributed by atoms with E-state index in [1.54, 1.807) is 11.5 Å². The zero-order valence-corrected chi connectivity index (χ0v) is 15.5. The van der Waals surface area contributed by atoms with Crippen LogP contribution in [0.1, 0.15) is 33.1 Å². The Morgan fingerprint density at radius 3 is 2.53 bits per heavy atom. The van der Waals surface area contributed by atoms with Crippen molar-refractivity contribution < 1.29 is 20.8 Å². The van der Waals surface area contributed by atoms with Gasteiger partial charge in [-0.3, -0.25) is 6.08 Å². The van der Waals surface area contributed by atoms with Crippen LogP contribution in [0.5, 0.6) is 0 Å². The van der Waals surface area contributed by atoms with Crippen LogP contribution in [0.3, 0.4) is 0 Å². The van der Waals surface area contributed by atoms with Gasteiger partial charge in [-0.05, 0) is 12.3 Å². The number of hydrogen-bond acceptors (Lipinski definition) is 0. The van der Waals surface area contributed by atoms with Gasteiger partial charge in [-0.25, -0.2) is 29.7 Å². The molecular weight excluding hydrogens is 354 g/mol. The van der Waals surface area contributed by atoms with E-state index >= 15 is 0 Å². The quantitative estimate of drug-likeness (QED) is 0.470. The molecule has 0 aliphatic heterocycles. The zero-order valence-electron chi connectivity index (χ0n) is 11.5. The average Bonchev–Trinajstić information content (AvgIpc) is 3.05. The summed E-state index contributed by atoms with van der Waals surface area (Å²) >= 11 is -0.826. The first-order chi connectivity index (χ1) is 9.20. The van der Waals surface area contributed by atoms with Gasteiger partial charge in [0.1, 0.15) is 0 Å². The first kappa shape index (κ1) is 17.3. The Balaban J connectivity index is 0.000000188. The molecule has 3 aliphatic rings. The van der Waals surface area contributed by atoms with E-state index in [4.69, 9.17) is 17.0 Å². The molecule has 0 heterocycles. The third-order valence-electron chi connectivity index (χ3n) is 3.60. The topological polar surface area (TPSA) is 0 Å². The third-order valence-corrected chi connectivity index (χ3v) is 3.60. The van der Waals surface area contributed by atoms with Gasteiger partial charge in [0.05, 0.1) is 0 Å². The fourth-order valence-electron chi connectivity index (χ4n) is 2.73.